The molecule has 0 aromatic heterocycles. The second-order valence-corrected chi connectivity index (χ2v) is 7.18. The van der Waals surface area contributed by atoms with Crippen molar-refractivity contribution in [3.8, 4) is 0 Å². The first-order chi connectivity index (χ1) is 14.9. The van der Waals surface area contributed by atoms with E-state index in [1.165, 1.54) is 10.8 Å². The molecule has 5 rings (SSSR count). The van der Waals surface area contributed by atoms with Crippen LogP contribution in [-0.2, 0) is 0 Å². The summed E-state index contributed by atoms with van der Waals surface area (Å²) in [5.74, 6) is 0. The van der Waals surface area contributed by atoms with Gasteiger partial charge in [-0.05, 0) is 47.9 Å². The Hall–Kier alpha value is -4.04. The number of para-hydroxylation sites is 4. The van der Waals surface area contributed by atoms with E-state index >= 15 is 0 Å². The number of hydrogen-bond acceptors (Lipinski definition) is 2. The molecular formula is C28H22N2. The van der Waals surface area contributed by atoms with Gasteiger partial charge in [0.05, 0.1) is 11.4 Å². The topological polar surface area (TPSA) is 15.3 Å². The number of fused-ring (bicyclic) bond motifs is 1. The summed E-state index contributed by atoms with van der Waals surface area (Å²) in [6, 6.07) is 44.3. The summed E-state index contributed by atoms with van der Waals surface area (Å²) < 4.78 is 0. The molecule has 0 saturated carbocycles. The zero-order chi connectivity index (χ0) is 20.2. The monoisotopic (exact) mass is 386 g/mol. The van der Waals surface area contributed by atoms with E-state index in [0.29, 0.717) is 0 Å². The fourth-order valence-electron chi connectivity index (χ4n) is 3.84. The highest BCUT2D eigenvalue weighted by Gasteiger charge is 2.15. The van der Waals surface area contributed by atoms with Gasteiger partial charge in [0.25, 0.3) is 0 Å². The van der Waals surface area contributed by atoms with Crippen LogP contribution >= 0.6 is 0 Å². The molecular weight excluding hydrogens is 364 g/mol. The van der Waals surface area contributed by atoms with Crippen LogP contribution in [0.1, 0.15) is 0 Å². The maximum Gasteiger partial charge on any atom is 0.0696 e. The van der Waals surface area contributed by atoms with Crippen LogP contribution in [0.25, 0.3) is 10.8 Å². The number of nitrogens with zero attached hydrogens (tertiary/aromatic N) is 1. The fourth-order valence-corrected chi connectivity index (χ4v) is 3.84. The summed E-state index contributed by atoms with van der Waals surface area (Å²) in [5.41, 5.74) is 5.50. The summed E-state index contributed by atoms with van der Waals surface area (Å²) in [6.45, 7) is 0. The normalized spacial score (nSPS) is 10.7. The first-order valence-electron chi connectivity index (χ1n) is 10.1. The van der Waals surface area contributed by atoms with Crippen molar-refractivity contribution in [2.24, 2.45) is 0 Å². The van der Waals surface area contributed by atoms with Crippen LogP contribution in [0.4, 0.5) is 28.4 Å². The predicted octanol–water partition coefficient (Wildman–Crippen LogP) is 8.05. The van der Waals surface area contributed by atoms with Crippen LogP contribution in [0.5, 0.6) is 0 Å². The van der Waals surface area contributed by atoms with Gasteiger partial charge in [0.2, 0.25) is 0 Å². The van der Waals surface area contributed by atoms with Gasteiger partial charge in [-0.25, -0.2) is 0 Å². The predicted molar refractivity (Wildman–Crippen MR) is 128 cm³/mol. The molecule has 0 aliphatic rings. The summed E-state index contributed by atoms with van der Waals surface area (Å²) in [5, 5.41) is 6.13. The van der Waals surface area contributed by atoms with E-state index in [4.69, 9.17) is 0 Å². The number of hydrogen-bond donors (Lipinski definition) is 1. The van der Waals surface area contributed by atoms with Crippen molar-refractivity contribution in [3.63, 3.8) is 0 Å². The highest BCUT2D eigenvalue weighted by molar-refractivity contribution is 5.97. The van der Waals surface area contributed by atoms with Gasteiger partial charge in [-0.1, -0.05) is 84.9 Å². The molecule has 2 heteroatoms. The van der Waals surface area contributed by atoms with E-state index in [1.807, 2.05) is 12.1 Å². The Labute approximate surface area is 177 Å². The van der Waals surface area contributed by atoms with Crippen LogP contribution in [0, 0.1) is 0 Å². The number of rotatable bonds is 5. The van der Waals surface area contributed by atoms with Crippen LogP contribution < -0.4 is 10.2 Å². The van der Waals surface area contributed by atoms with Crippen LogP contribution in [0.2, 0.25) is 0 Å². The van der Waals surface area contributed by atoms with Gasteiger partial charge >= 0.3 is 0 Å². The molecule has 144 valence electrons. The molecule has 0 saturated heterocycles. The lowest BCUT2D eigenvalue weighted by Gasteiger charge is -2.28. The third-order valence-corrected chi connectivity index (χ3v) is 5.23. The molecule has 0 amide bonds. The van der Waals surface area contributed by atoms with Crippen LogP contribution in [0.3, 0.4) is 0 Å². The van der Waals surface area contributed by atoms with E-state index in [-0.39, 0.29) is 0 Å². The van der Waals surface area contributed by atoms with E-state index < -0.39 is 0 Å². The van der Waals surface area contributed by atoms with Crippen molar-refractivity contribution in [3.05, 3.63) is 127 Å². The molecule has 0 fully saturated rings. The third kappa shape index (κ3) is 3.51. The smallest absolute Gasteiger partial charge is 0.0696 e. The molecule has 1 N–H and O–H groups in total. The average Bonchev–Trinajstić information content (AvgIpc) is 2.82. The van der Waals surface area contributed by atoms with Crippen molar-refractivity contribution < 1.29 is 0 Å². The van der Waals surface area contributed by atoms with E-state index in [2.05, 4.69) is 125 Å². The molecule has 0 aliphatic heterocycles. The summed E-state index contributed by atoms with van der Waals surface area (Å²) in [4.78, 5) is 2.29. The quantitative estimate of drug-likeness (QED) is 0.329. The number of nitrogens with one attached hydrogen (secondary N) is 1. The van der Waals surface area contributed by atoms with Crippen molar-refractivity contribution in [1.82, 2.24) is 0 Å². The zero-order valence-electron chi connectivity index (χ0n) is 16.6. The molecule has 2 nitrogen and oxygen atoms in total. The lowest BCUT2D eigenvalue weighted by molar-refractivity contribution is 1.28. The minimum Gasteiger partial charge on any atom is -0.353 e. The highest BCUT2D eigenvalue weighted by atomic mass is 15.2. The molecule has 0 aliphatic carbocycles. The average molecular weight is 386 g/mol. The van der Waals surface area contributed by atoms with Crippen molar-refractivity contribution >= 4 is 39.2 Å². The first-order valence-corrected chi connectivity index (χ1v) is 10.1. The Bertz CT molecular complexity index is 1220. The SMILES string of the molecule is c1ccc(N(c2ccccc2)c2ccccc2Nc2cccc3ccccc23)cc1. The lowest BCUT2D eigenvalue weighted by Crippen LogP contribution is -2.11. The number of anilines is 5. The minimum absolute atomic E-state index is 1.06. The maximum atomic E-state index is 3.69. The van der Waals surface area contributed by atoms with Crippen molar-refractivity contribution in [2.45, 2.75) is 0 Å². The summed E-state index contributed by atoms with van der Waals surface area (Å²) in [7, 11) is 0. The lowest BCUT2D eigenvalue weighted by atomic mass is 10.1. The largest absolute Gasteiger partial charge is 0.353 e. The van der Waals surface area contributed by atoms with Gasteiger partial charge < -0.3 is 10.2 Å². The molecule has 30 heavy (non-hydrogen) atoms. The Kier molecular flexibility index (Phi) is 4.89. The summed E-state index contributed by atoms with van der Waals surface area (Å²) in [6.07, 6.45) is 0. The van der Waals surface area contributed by atoms with E-state index in [9.17, 15) is 0 Å². The second-order valence-electron chi connectivity index (χ2n) is 7.18. The van der Waals surface area contributed by atoms with Crippen molar-refractivity contribution in [2.75, 3.05) is 10.2 Å². The highest BCUT2D eigenvalue weighted by Crippen LogP contribution is 2.40. The standard InChI is InChI=1S/C28H22N2/c1-3-14-23(15-4-1)30(24-16-5-2-6-17-24)28-21-10-9-19-27(28)29-26-20-11-13-22-12-7-8-18-25(22)26/h1-21,29H. The molecule has 0 unspecified atom stereocenters. The fraction of sp³-hybridized carbons (Fsp3) is 0. The van der Waals surface area contributed by atoms with Crippen molar-refractivity contribution in [1.29, 1.82) is 0 Å². The van der Waals surface area contributed by atoms with Gasteiger partial charge in [0, 0.05) is 22.4 Å². The van der Waals surface area contributed by atoms with Gasteiger partial charge in [0.15, 0.2) is 0 Å². The summed E-state index contributed by atoms with van der Waals surface area (Å²) >= 11 is 0. The van der Waals surface area contributed by atoms with Crippen LogP contribution in [-0.4, -0.2) is 0 Å². The van der Waals surface area contributed by atoms with Gasteiger partial charge in [0.1, 0.15) is 0 Å². The van der Waals surface area contributed by atoms with Gasteiger partial charge in [-0.2, -0.15) is 0 Å². The molecule has 0 atom stereocenters. The Morgan fingerprint density at radius 3 is 1.70 bits per heavy atom. The molecule has 0 spiro atoms. The molecule has 5 aromatic rings. The van der Waals surface area contributed by atoms with E-state index in [0.717, 1.165) is 28.4 Å². The molecule has 0 heterocycles. The number of benzene rings is 5. The van der Waals surface area contributed by atoms with Gasteiger partial charge in [-0.15, -0.1) is 0 Å². The Morgan fingerprint density at radius 2 is 0.967 bits per heavy atom. The maximum absolute atomic E-state index is 3.69. The molecule has 5 aromatic carbocycles. The van der Waals surface area contributed by atoms with Gasteiger partial charge in [-0.3, -0.25) is 0 Å². The zero-order valence-corrected chi connectivity index (χ0v) is 16.6. The van der Waals surface area contributed by atoms with Crippen LogP contribution in [0.15, 0.2) is 127 Å². The minimum atomic E-state index is 1.06. The van der Waals surface area contributed by atoms with E-state index in [1.54, 1.807) is 0 Å². The molecule has 0 radical (unpaired) electrons. The second kappa shape index (κ2) is 8.14. The first kappa shape index (κ1) is 18.0. The Morgan fingerprint density at radius 1 is 0.433 bits per heavy atom. The Balaban J connectivity index is 1.64. The third-order valence-electron chi connectivity index (χ3n) is 5.23. The molecule has 0 bridgehead atoms.